The number of hydrogen-bond acceptors (Lipinski definition) is 4. The lowest BCUT2D eigenvalue weighted by molar-refractivity contribution is -0.648. The standard InChI is InChI=1S/C14H8N3OS/c1-3-15-5-8-7-17-12-10-6-16-4-2-11(10)19-14(12)18-13(17)9(1)8/h1-6H,7H2/q+1. The summed E-state index contributed by atoms with van der Waals surface area (Å²) in [5.74, 6) is 0.935. The third kappa shape index (κ3) is 1.11. The van der Waals surface area contributed by atoms with E-state index in [-0.39, 0.29) is 0 Å². The van der Waals surface area contributed by atoms with Gasteiger partial charge in [0.2, 0.25) is 0 Å². The van der Waals surface area contributed by atoms with E-state index in [0.29, 0.717) is 0 Å². The van der Waals surface area contributed by atoms with Crippen molar-refractivity contribution in [2.45, 2.75) is 6.54 Å². The average Bonchev–Trinajstić information content (AvgIpc) is 3.05. The van der Waals surface area contributed by atoms with Gasteiger partial charge >= 0.3 is 5.89 Å². The van der Waals surface area contributed by atoms with Crippen LogP contribution in [0.5, 0.6) is 0 Å². The second-order valence-electron chi connectivity index (χ2n) is 4.64. The van der Waals surface area contributed by atoms with Gasteiger partial charge in [0.25, 0.3) is 10.4 Å². The number of oxazole rings is 1. The summed E-state index contributed by atoms with van der Waals surface area (Å²) in [4.78, 5) is 9.39. The van der Waals surface area contributed by atoms with E-state index in [4.69, 9.17) is 4.42 Å². The van der Waals surface area contributed by atoms with Gasteiger partial charge in [-0.2, -0.15) is 4.57 Å². The van der Waals surface area contributed by atoms with Crippen molar-refractivity contribution in [1.29, 1.82) is 0 Å². The SMILES string of the molecule is c1cc2c(cn1)C[n+]1c-2oc2sc3ccncc3c21. The van der Waals surface area contributed by atoms with E-state index in [1.807, 2.05) is 36.9 Å². The van der Waals surface area contributed by atoms with Gasteiger partial charge in [-0.15, -0.1) is 0 Å². The Morgan fingerprint density at radius 2 is 2.05 bits per heavy atom. The third-order valence-corrected chi connectivity index (χ3v) is 4.64. The van der Waals surface area contributed by atoms with Crippen LogP contribution in [-0.2, 0) is 6.54 Å². The van der Waals surface area contributed by atoms with Crippen LogP contribution in [0.1, 0.15) is 5.56 Å². The summed E-state index contributed by atoms with van der Waals surface area (Å²) in [6.07, 6.45) is 7.46. The average molecular weight is 266 g/mol. The molecule has 0 saturated heterocycles. The van der Waals surface area contributed by atoms with Crippen LogP contribution in [0.15, 0.2) is 41.3 Å². The van der Waals surface area contributed by atoms with E-state index in [1.165, 1.54) is 15.6 Å². The predicted molar refractivity (Wildman–Crippen MR) is 71.9 cm³/mol. The molecule has 1 aliphatic rings. The summed E-state index contributed by atoms with van der Waals surface area (Å²) in [7, 11) is 0. The lowest BCUT2D eigenvalue weighted by Crippen LogP contribution is -2.30. The van der Waals surface area contributed by atoms with Gasteiger partial charge < -0.3 is 4.42 Å². The number of aromatic nitrogens is 3. The molecular weight excluding hydrogens is 258 g/mol. The van der Waals surface area contributed by atoms with E-state index < -0.39 is 0 Å². The van der Waals surface area contributed by atoms with Crippen LogP contribution in [0.2, 0.25) is 0 Å². The molecular formula is C14H8N3OS+. The first-order valence-electron chi connectivity index (χ1n) is 6.04. The molecule has 4 nitrogen and oxygen atoms in total. The molecule has 5 heterocycles. The molecule has 19 heavy (non-hydrogen) atoms. The molecule has 0 radical (unpaired) electrons. The summed E-state index contributed by atoms with van der Waals surface area (Å²) in [5.41, 5.74) is 3.51. The minimum atomic E-state index is 0.826. The molecule has 1 aliphatic heterocycles. The van der Waals surface area contributed by atoms with Crippen LogP contribution in [-0.4, -0.2) is 9.97 Å². The summed E-state index contributed by atoms with van der Waals surface area (Å²) in [5, 5.41) is 1.17. The molecule has 0 N–H and O–H groups in total. The Balaban J connectivity index is 1.94. The maximum absolute atomic E-state index is 6.05. The van der Waals surface area contributed by atoms with Gasteiger partial charge in [-0.25, -0.2) is 0 Å². The quantitative estimate of drug-likeness (QED) is 0.405. The Bertz CT molecular complexity index is 954. The molecule has 5 rings (SSSR count). The van der Waals surface area contributed by atoms with Gasteiger partial charge in [0.1, 0.15) is 0 Å². The molecule has 90 valence electrons. The van der Waals surface area contributed by atoms with Crippen molar-refractivity contribution in [3.8, 4) is 11.5 Å². The number of pyridine rings is 2. The Kier molecular flexibility index (Phi) is 1.62. The highest BCUT2D eigenvalue weighted by atomic mass is 32.1. The van der Waals surface area contributed by atoms with Gasteiger partial charge in [-0.05, 0) is 12.1 Å². The molecule has 0 aromatic carbocycles. The molecule has 5 heteroatoms. The molecule has 0 spiro atoms. The van der Waals surface area contributed by atoms with Crippen molar-refractivity contribution < 1.29 is 8.98 Å². The van der Waals surface area contributed by atoms with Gasteiger partial charge in [-0.3, -0.25) is 9.97 Å². The number of thiophene rings is 1. The van der Waals surface area contributed by atoms with Crippen LogP contribution in [0.25, 0.3) is 32.0 Å². The fourth-order valence-electron chi connectivity index (χ4n) is 2.76. The van der Waals surface area contributed by atoms with Crippen LogP contribution in [0, 0.1) is 0 Å². The smallest absolute Gasteiger partial charge is 0.383 e. The summed E-state index contributed by atoms with van der Waals surface area (Å²) in [6, 6.07) is 4.05. The highest BCUT2D eigenvalue weighted by molar-refractivity contribution is 7.25. The molecule has 4 aromatic heterocycles. The zero-order valence-corrected chi connectivity index (χ0v) is 10.6. The maximum Gasteiger partial charge on any atom is 0.383 e. The van der Waals surface area contributed by atoms with Crippen molar-refractivity contribution in [3.63, 3.8) is 0 Å². The van der Waals surface area contributed by atoms with Crippen LogP contribution in [0.4, 0.5) is 0 Å². The van der Waals surface area contributed by atoms with E-state index in [2.05, 4.69) is 14.5 Å². The fourth-order valence-corrected chi connectivity index (χ4v) is 3.78. The molecule has 0 bridgehead atoms. The Morgan fingerprint density at radius 3 is 3.05 bits per heavy atom. The van der Waals surface area contributed by atoms with Crippen molar-refractivity contribution in [3.05, 3.63) is 42.5 Å². The second-order valence-corrected chi connectivity index (χ2v) is 5.65. The third-order valence-electron chi connectivity index (χ3n) is 3.60. The fraction of sp³-hybridized carbons (Fsp3) is 0.0714. The minimum absolute atomic E-state index is 0.826. The van der Waals surface area contributed by atoms with Crippen LogP contribution >= 0.6 is 11.3 Å². The van der Waals surface area contributed by atoms with Gasteiger partial charge in [0.05, 0.1) is 16.5 Å². The molecule has 0 saturated carbocycles. The molecule has 0 amide bonds. The summed E-state index contributed by atoms with van der Waals surface area (Å²) in [6.45, 7) is 0.826. The highest BCUT2D eigenvalue weighted by Crippen LogP contribution is 2.37. The minimum Gasteiger partial charge on any atom is -0.386 e. The normalized spacial score (nSPS) is 13.1. The Labute approximate surface area is 112 Å². The van der Waals surface area contributed by atoms with Crippen molar-refractivity contribution >= 4 is 31.8 Å². The van der Waals surface area contributed by atoms with Crippen LogP contribution < -0.4 is 4.57 Å². The zero-order valence-electron chi connectivity index (χ0n) is 9.83. The summed E-state index contributed by atoms with van der Waals surface area (Å²) >= 11 is 1.68. The Hall–Kier alpha value is -2.27. The number of fused-ring (bicyclic) bond motifs is 7. The first-order valence-corrected chi connectivity index (χ1v) is 6.85. The van der Waals surface area contributed by atoms with Gasteiger partial charge in [0, 0.05) is 29.5 Å². The van der Waals surface area contributed by atoms with Crippen molar-refractivity contribution in [2.24, 2.45) is 0 Å². The number of nitrogens with zero attached hydrogens (tertiary/aromatic N) is 3. The topological polar surface area (TPSA) is 42.8 Å². The lowest BCUT2D eigenvalue weighted by Gasteiger charge is -1.88. The summed E-state index contributed by atoms with van der Waals surface area (Å²) < 4.78 is 9.49. The Morgan fingerprint density at radius 1 is 1.16 bits per heavy atom. The first kappa shape index (κ1) is 9.63. The van der Waals surface area contributed by atoms with Crippen molar-refractivity contribution in [1.82, 2.24) is 9.97 Å². The maximum atomic E-state index is 6.05. The zero-order chi connectivity index (χ0) is 12.4. The van der Waals surface area contributed by atoms with E-state index >= 15 is 0 Å². The molecule has 0 unspecified atom stereocenters. The largest absolute Gasteiger partial charge is 0.386 e. The number of rotatable bonds is 0. The molecule has 4 aromatic rings. The second kappa shape index (κ2) is 3.19. The van der Waals surface area contributed by atoms with Crippen molar-refractivity contribution in [2.75, 3.05) is 0 Å². The first-order chi connectivity index (χ1) is 9.42. The van der Waals surface area contributed by atoms with Gasteiger partial charge in [0.15, 0.2) is 6.54 Å². The lowest BCUT2D eigenvalue weighted by atomic mass is 10.2. The molecule has 0 fully saturated rings. The van der Waals surface area contributed by atoms with E-state index in [0.717, 1.165) is 28.4 Å². The van der Waals surface area contributed by atoms with E-state index in [9.17, 15) is 0 Å². The monoisotopic (exact) mass is 266 g/mol. The number of hydrogen-bond donors (Lipinski definition) is 0. The van der Waals surface area contributed by atoms with Crippen LogP contribution in [0.3, 0.4) is 0 Å². The molecule has 0 aliphatic carbocycles. The van der Waals surface area contributed by atoms with Gasteiger partial charge in [-0.1, -0.05) is 11.3 Å². The van der Waals surface area contributed by atoms with E-state index in [1.54, 1.807) is 11.3 Å². The predicted octanol–water partition coefficient (Wildman–Crippen LogP) is 2.75. The molecule has 0 atom stereocenters. The highest BCUT2D eigenvalue weighted by Gasteiger charge is 2.35.